The Kier molecular flexibility index (Phi) is 3.77. The van der Waals surface area contributed by atoms with Crippen LogP contribution < -0.4 is 5.32 Å². The molecule has 0 spiro atoms. The second kappa shape index (κ2) is 5.16. The summed E-state index contributed by atoms with van der Waals surface area (Å²) >= 11 is 5.91. The molecule has 0 aliphatic carbocycles. The van der Waals surface area contributed by atoms with Crippen LogP contribution in [0.3, 0.4) is 0 Å². The van der Waals surface area contributed by atoms with Crippen molar-refractivity contribution in [1.29, 1.82) is 0 Å². The summed E-state index contributed by atoms with van der Waals surface area (Å²) in [6.45, 7) is 2.26. The van der Waals surface area contributed by atoms with Gasteiger partial charge in [-0.1, -0.05) is 23.5 Å². The molecule has 1 aromatic heterocycles. The van der Waals surface area contributed by atoms with E-state index in [1.807, 2.05) is 24.3 Å². The summed E-state index contributed by atoms with van der Waals surface area (Å²) in [5, 5.41) is 12.7. The lowest BCUT2D eigenvalue weighted by atomic mass is 10.1. The van der Waals surface area contributed by atoms with Crippen molar-refractivity contribution in [3.63, 3.8) is 0 Å². The highest BCUT2D eigenvalue weighted by atomic mass is 32.1. The van der Waals surface area contributed by atoms with Crippen molar-refractivity contribution in [3.05, 3.63) is 24.3 Å². The van der Waals surface area contributed by atoms with Crippen molar-refractivity contribution < 1.29 is 9.90 Å². The minimum Gasteiger partial charge on any atom is -0.481 e. The van der Waals surface area contributed by atoms with Crippen LogP contribution >= 0.6 is 24.0 Å². The molecule has 1 heterocycles. The molecular weight excluding hydrogens is 268 g/mol. The molecule has 0 bridgehead atoms. The van der Waals surface area contributed by atoms with Gasteiger partial charge in [0, 0.05) is 11.3 Å². The Hall–Kier alpha value is -1.27. The first-order chi connectivity index (χ1) is 8.46. The molecule has 18 heavy (non-hydrogen) atoms. The van der Waals surface area contributed by atoms with Gasteiger partial charge in [0.15, 0.2) is 5.13 Å². The number of hydrogen-bond acceptors (Lipinski definition) is 5. The maximum Gasteiger partial charge on any atom is 0.304 e. The summed E-state index contributed by atoms with van der Waals surface area (Å²) < 4.78 is 0.517. The van der Waals surface area contributed by atoms with Crippen LogP contribution in [0.4, 0.5) is 5.13 Å². The number of aliphatic carboxylic acids is 1. The van der Waals surface area contributed by atoms with Gasteiger partial charge in [0.2, 0.25) is 0 Å². The molecule has 0 saturated carbocycles. The van der Waals surface area contributed by atoms with Gasteiger partial charge in [-0.2, -0.15) is 12.6 Å². The minimum absolute atomic E-state index is 0.00794. The first-order valence-electron chi connectivity index (χ1n) is 5.50. The molecule has 0 aliphatic heterocycles. The fourth-order valence-electron chi connectivity index (χ4n) is 1.60. The Bertz CT molecular complexity index is 533. The van der Waals surface area contributed by atoms with Crippen LogP contribution in [0, 0.1) is 0 Å². The van der Waals surface area contributed by atoms with E-state index in [2.05, 4.69) is 22.9 Å². The Balaban J connectivity index is 2.03. The van der Waals surface area contributed by atoms with Crippen LogP contribution in [0.2, 0.25) is 0 Å². The van der Waals surface area contributed by atoms with Gasteiger partial charge in [0.1, 0.15) is 0 Å². The van der Waals surface area contributed by atoms with E-state index in [-0.39, 0.29) is 6.42 Å². The number of carboxylic acid groups (broad SMARTS) is 1. The van der Waals surface area contributed by atoms with Crippen LogP contribution in [-0.2, 0) is 4.79 Å². The summed E-state index contributed by atoms with van der Waals surface area (Å²) in [6.07, 6.45) is 0.00794. The highest BCUT2D eigenvalue weighted by molar-refractivity contribution is 7.81. The Morgan fingerprint density at radius 3 is 2.94 bits per heavy atom. The van der Waals surface area contributed by atoms with Crippen LogP contribution in [0.15, 0.2) is 24.3 Å². The lowest BCUT2D eigenvalue weighted by Gasteiger charge is -2.21. The fourth-order valence-corrected chi connectivity index (χ4v) is 2.68. The number of hydrogen-bond donors (Lipinski definition) is 3. The monoisotopic (exact) mass is 282 g/mol. The quantitative estimate of drug-likeness (QED) is 0.738. The lowest BCUT2D eigenvalue weighted by Crippen LogP contribution is -2.30. The summed E-state index contributed by atoms with van der Waals surface area (Å²) in [5.41, 5.74) is 0.948. The SMILES string of the molecule is CC(S)(CNc1nc2ccccc2s1)CC(=O)O. The van der Waals surface area contributed by atoms with E-state index < -0.39 is 10.7 Å². The van der Waals surface area contributed by atoms with Crippen molar-refractivity contribution in [2.75, 3.05) is 11.9 Å². The third kappa shape index (κ3) is 3.36. The molecule has 0 amide bonds. The summed E-state index contributed by atoms with van der Waals surface area (Å²) in [7, 11) is 0. The molecule has 1 unspecified atom stereocenters. The Morgan fingerprint density at radius 2 is 2.28 bits per heavy atom. The normalized spacial score (nSPS) is 14.3. The van der Waals surface area contributed by atoms with Gasteiger partial charge in [0.25, 0.3) is 0 Å². The van der Waals surface area contributed by atoms with E-state index >= 15 is 0 Å². The zero-order chi connectivity index (χ0) is 13.2. The molecular formula is C12H14N2O2S2. The lowest BCUT2D eigenvalue weighted by molar-refractivity contribution is -0.137. The van der Waals surface area contributed by atoms with E-state index in [9.17, 15) is 4.79 Å². The van der Waals surface area contributed by atoms with E-state index in [1.54, 1.807) is 18.3 Å². The highest BCUT2D eigenvalue weighted by Gasteiger charge is 2.23. The smallest absolute Gasteiger partial charge is 0.304 e. The van der Waals surface area contributed by atoms with E-state index in [0.717, 1.165) is 15.3 Å². The molecule has 0 aliphatic rings. The second-order valence-corrected chi connectivity index (χ2v) is 6.52. The van der Waals surface area contributed by atoms with Gasteiger partial charge in [-0.25, -0.2) is 4.98 Å². The van der Waals surface area contributed by atoms with Crippen molar-refractivity contribution in [2.24, 2.45) is 0 Å². The van der Waals surface area contributed by atoms with Crippen LogP contribution in [0.5, 0.6) is 0 Å². The van der Waals surface area contributed by atoms with Gasteiger partial charge < -0.3 is 10.4 Å². The standard InChI is InChI=1S/C12H14N2O2S2/c1-12(17,6-10(15)16)7-13-11-14-8-4-2-3-5-9(8)18-11/h2-5,17H,6-7H2,1H3,(H,13,14)(H,15,16). The molecule has 4 nitrogen and oxygen atoms in total. The van der Waals surface area contributed by atoms with Gasteiger partial charge >= 0.3 is 5.97 Å². The van der Waals surface area contributed by atoms with Crippen molar-refractivity contribution in [2.45, 2.75) is 18.1 Å². The molecule has 96 valence electrons. The average molecular weight is 282 g/mol. The molecule has 2 N–H and O–H groups in total. The van der Waals surface area contributed by atoms with Crippen molar-refractivity contribution in [3.8, 4) is 0 Å². The number of nitrogens with one attached hydrogen (secondary N) is 1. The van der Waals surface area contributed by atoms with Crippen LogP contribution in [-0.4, -0.2) is 27.4 Å². The largest absolute Gasteiger partial charge is 0.481 e. The predicted molar refractivity (Wildman–Crippen MR) is 77.8 cm³/mol. The molecule has 0 radical (unpaired) electrons. The third-order valence-corrected chi connectivity index (χ3v) is 3.76. The number of aromatic nitrogens is 1. The molecule has 6 heteroatoms. The maximum absolute atomic E-state index is 10.7. The zero-order valence-corrected chi connectivity index (χ0v) is 11.6. The van der Waals surface area contributed by atoms with Gasteiger partial charge in [-0.15, -0.1) is 0 Å². The number of rotatable bonds is 5. The third-order valence-electron chi connectivity index (χ3n) is 2.45. The number of thiazole rings is 1. The van der Waals surface area contributed by atoms with E-state index in [0.29, 0.717) is 6.54 Å². The summed E-state index contributed by atoms with van der Waals surface area (Å²) in [5.74, 6) is -0.849. The maximum atomic E-state index is 10.7. The first kappa shape index (κ1) is 13.2. The van der Waals surface area contributed by atoms with Crippen LogP contribution in [0.1, 0.15) is 13.3 Å². The van der Waals surface area contributed by atoms with Gasteiger partial charge in [-0.05, 0) is 19.1 Å². The van der Waals surface area contributed by atoms with Gasteiger partial charge in [-0.3, -0.25) is 4.79 Å². The molecule has 0 saturated heterocycles. The number of fused-ring (bicyclic) bond motifs is 1. The van der Waals surface area contributed by atoms with Gasteiger partial charge in [0.05, 0.1) is 16.6 Å². The predicted octanol–water partition coefficient (Wildman–Crippen LogP) is 2.87. The number of para-hydroxylation sites is 1. The summed E-state index contributed by atoms with van der Waals surface area (Å²) in [6, 6.07) is 7.87. The molecule has 2 rings (SSSR count). The Morgan fingerprint density at radius 1 is 1.56 bits per heavy atom. The minimum atomic E-state index is -0.849. The zero-order valence-electron chi connectivity index (χ0n) is 9.88. The number of carbonyl (C=O) groups is 1. The topological polar surface area (TPSA) is 62.2 Å². The molecule has 0 fully saturated rings. The van der Waals surface area contributed by atoms with E-state index in [4.69, 9.17) is 5.11 Å². The van der Waals surface area contributed by atoms with Crippen LogP contribution in [0.25, 0.3) is 10.2 Å². The van der Waals surface area contributed by atoms with Crippen molar-refractivity contribution >= 4 is 45.3 Å². The Labute approximate surface area is 114 Å². The number of carboxylic acids is 1. The number of thiol groups is 1. The fraction of sp³-hybridized carbons (Fsp3) is 0.333. The number of benzene rings is 1. The first-order valence-corrected chi connectivity index (χ1v) is 6.76. The molecule has 1 atom stereocenters. The van der Waals surface area contributed by atoms with E-state index in [1.165, 1.54) is 0 Å². The number of nitrogens with zero attached hydrogens (tertiary/aromatic N) is 1. The number of anilines is 1. The highest BCUT2D eigenvalue weighted by Crippen LogP contribution is 2.27. The van der Waals surface area contributed by atoms with Crippen molar-refractivity contribution in [1.82, 2.24) is 4.98 Å². The molecule has 1 aromatic carbocycles. The molecule has 2 aromatic rings. The summed E-state index contributed by atoms with van der Waals surface area (Å²) in [4.78, 5) is 15.1. The average Bonchev–Trinajstić information content (AvgIpc) is 2.67. The second-order valence-electron chi connectivity index (χ2n) is 4.41.